The van der Waals surface area contributed by atoms with Crippen molar-refractivity contribution in [1.82, 2.24) is 20.2 Å². The second-order valence-corrected chi connectivity index (χ2v) is 11.3. The fraction of sp³-hybridized carbons (Fsp3) is 0.469. The van der Waals surface area contributed by atoms with Gasteiger partial charge in [-0.15, -0.1) is 0 Å². The molecule has 2 aromatic carbocycles. The van der Waals surface area contributed by atoms with Gasteiger partial charge in [0, 0.05) is 36.2 Å². The number of nitrogens with zero attached hydrogens (tertiary/aromatic N) is 3. The lowest BCUT2D eigenvalue weighted by Crippen LogP contribution is -2.41. The average Bonchev–Trinajstić information content (AvgIpc) is 3.67. The van der Waals surface area contributed by atoms with Crippen LogP contribution in [0.1, 0.15) is 78.1 Å². The van der Waals surface area contributed by atoms with Crippen LogP contribution in [0.25, 0.3) is 0 Å². The van der Waals surface area contributed by atoms with Crippen LogP contribution in [0.15, 0.2) is 54.9 Å². The lowest BCUT2D eigenvalue weighted by molar-refractivity contribution is -0.0398. The summed E-state index contributed by atoms with van der Waals surface area (Å²) in [6.45, 7) is 7.27. The molecule has 1 amide bonds. The molecule has 0 radical (unpaired) electrons. The summed E-state index contributed by atoms with van der Waals surface area (Å²) in [5, 5.41) is 26.2. The molecule has 2 unspecified atom stereocenters. The maximum atomic E-state index is 15.1. The van der Waals surface area contributed by atoms with Crippen molar-refractivity contribution in [3.05, 3.63) is 93.8 Å². The van der Waals surface area contributed by atoms with Gasteiger partial charge in [0.1, 0.15) is 11.6 Å². The number of aromatic nitrogens is 2. The van der Waals surface area contributed by atoms with Crippen molar-refractivity contribution in [1.29, 1.82) is 0 Å². The molecule has 10 heteroatoms. The smallest absolute Gasteiger partial charge is 0.257 e. The number of carbonyl (C=O) groups is 1. The zero-order valence-electron chi connectivity index (χ0n) is 24.2. The van der Waals surface area contributed by atoms with Crippen molar-refractivity contribution in [3.63, 3.8) is 0 Å². The Morgan fingerprint density at radius 3 is 2.29 bits per heavy atom. The molecule has 8 nitrogen and oxygen atoms in total. The Hall–Kier alpha value is -2.95. The van der Waals surface area contributed by atoms with E-state index in [4.69, 9.17) is 16.3 Å². The van der Waals surface area contributed by atoms with Crippen LogP contribution in [0, 0.1) is 18.7 Å². The minimum atomic E-state index is -1.42. The molecule has 0 saturated carbocycles. The van der Waals surface area contributed by atoms with Crippen molar-refractivity contribution in [2.75, 3.05) is 26.3 Å². The number of nitrogens with one attached hydrogen (secondary N) is 1. The van der Waals surface area contributed by atoms with Crippen LogP contribution in [-0.4, -0.2) is 57.3 Å². The number of benzene rings is 2. The number of aliphatic hydroxyl groups excluding tert-OH is 1. The Morgan fingerprint density at radius 1 is 1.12 bits per heavy atom. The molecule has 6 rings (SSSR count). The summed E-state index contributed by atoms with van der Waals surface area (Å²) in [5.74, 6) is -0.844. The lowest BCUT2D eigenvalue weighted by atomic mass is 9.74. The number of fused-ring (bicyclic) bond motifs is 1. The number of halogens is 2. The van der Waals surface area contributed by atoms with Gasteiger partial charge >= 0.3 is 0 Å². The molecule has 3 N–H and O–H groups in total. The van der Waals surface area contributed by atoms with Crippen molar-refractivity contribution in [2.45, 2.75) is 64.3 Å². The molecule has 0 spiro atoms. The topological polar surface area (TPSA) is 108 Å². The van der Waals surface area contributed by atoms with Gasteiger partial charge in [0.2, 0.25) is 0 Å². The molecule has 0 aliphatic carbocycles. The van der Waals surface area contributed by atoms with Crippen LogP contribution in [0.5, 0.6) is 0 Å². The molecule has 0 bridgehead atoms. The van der Waals surface area contributed by atoms with Crippen molar-refractivity contribution in [3.8, 4) is 0 Å². The molecule has 2 atom stereocenters. The first kappa shape index (κ1) is 32.0. The van der Waals surface area contributed by atoms with E-state index in [1.807, 2.05) is 44.2 Å². The van der Waals surface area contributed by atoms with Crippen LogP contribution >= 0.6 is 11.6 Å². The number of aryl methyl sites for hydroxylation is 1. The normalized spacial score (nSPS) is 19.7. The van der Waals surface area contributed by atoms with E-state index in [0.717, 1.165) is 54.6 Å². The van der Waals surface area contributed by atoms with Gasteiger partial charge in [-0.2, -0.15) is 0 Å². The predicted octanol–water partition coefficient (Wildman–Crippen LogP) is 5.31. The molecule has 1 aromatic heterocycles. The zero-order chi connectivity index (χ0) is 30.1. The average molecular weight is 599 g/mol. The van der Waals surface area contributed by atoms with Crippen molar-refractivity contribution >= 4 is 17.5 Å². The van der Waals surface area contributed by atoms with E-state index < -0.39 is 23.6 Å². The van der Waals surface area contributed by atoms with Crippen LogP contribution in [0.2, 0.25) is 5.02 Å². The number of carbonyl (C=O) groups excluding carboxylic acids is 1. The quantitative estimate of drug-likeness (QED) is 0.365. The summed E-state index contributed by atoms with van der Waals surface area (Å²) in [4.78, 5) is 22.5. The van der Waals surface area contributed by atoms with Gasteiger partial charge in [0.15, 0.2) is 6.23 Å². The molecular formula is C32H40ClFN4O4. The van der Waals surface area contributed by atoms with Crippen LogP contribution in [0.4, 0.5) is 4.39 Å². The van der Waals surface area contributed by atoms with E-state index in [9.17, 15) is 15.0 Å². The number of ether oxygens (including phenoxy) is 1. The van der Waals surface area contributed by atoms with E-state index in [1.54, 1.807) is 18.5 Å². The second-order valence-electron chi connectivity index (χ2n) is 10.8. The van der Waals surface area contributed by atoms with Gasteiger partial charge in [-0.25, -0.2) is 14.4 Å². The molecule has 226 valence electrons. The number of hydrogen-bond donors (Lipinski definition) is 3. The Morgan fingerprint density at radius 2 is 1.76 bits per heavy atom. The molecule has 4 heterocycles. The second kappa shape index (κ2) is 15.0. The Labute approximate surface area is 251 Å². The minimum Gasteiger partial charge on any atom is -0.385 e. The Bertz CT molecular complexity index is 1300. The van der Waals surface area contributed by atoms with Crippen LogP contribution in [-0.2, 0) is 16.9 Å². The van der Waals surface area contributed by atoms with Crippen molar-refractivity contribution in [2.24, 2.45) is 5.92 Å². The first-order chi connectivity index (χ1) is 20.2. The van der Waals surface area contributed by atoms with E-state index in [2.05, 4.69) is 15.3 Å². The van der Waals surface area contributed by atoms with Gasteiger partial charge in [-0.1, -0.05) is 36.7 Å². The number of rotatable bonds is 5. The van der Waals surface area contributed by atoms with Gasteiger partial charge < -0.3 is 25.2 Å². The van der Waals surface area contributed by atoms with E-state index in [-0.39, 0.29) is 23.6 Å². The molecule has 3 aromatic rings. The molecule has 3 aliphatic rings. The molecule has 42 heavy (non-hydrogen) atoms. The van der Waals surface area contributed by atoms with Crippen LogP contribution < -0.4 is 5.32 Å². The summed E-state index contributed by atoms with van der Waals surface area (Å²) in [6.07, 6.45) is 6.35. The summed E-state index contributed by atoms with van der Waals surface area (Å²) in [7, 11) is 0. The molecule has 2 saturated heterocycles. The fourth-order valence-electron chi connectivity index (χ4n) is 5.49. The van der Waals surface area contributed by atoms with Crippen molar-refractivity contribution < 1.29 is 24.1 Å². The number of aliphatic hydroxyl groups is 2. The Kier molecular flexibility index (Phi) is 11.4. The molecule has 3 aliphatic heterocycles. The minimum absolute atomic E-state index is 0.0281. The maximum absolute atomic E-state index is 15.1. The largest absolute Gasteiger partial charge is 0.385 e. The highest BCUT2D eigenvalue weighted by Crippen LogP contribution is 2.42. The number of hydrogen-bond acceptors (Lipinski definition) is 7. The SMILES string of the molecule is C1CCOC1.CCC(O)(c1cc(F)c2c(c1)C(=O)N(Cc1ncc(C)cn1)C2O)C1CCNCC1.Clc1ccccc1. The summed E-state index contributed by atoms with van der Waals surface area (Å²) >= 11 is 5.54. The fourth-order valence-corrected chi connectivity index (χ4v) is 5.64. The van der Waals surface area contributed by atoms with Gasteiger partial charge in [0.05, 0.1) is 17.7 Å². The monoisotopic (exact) mass is 598 g/mol. The van der Waals surface area contributed by atoms with E-state index >= 15 is 4.39 Å². The lowest BCUT2D eigenvalue weighted by Gasteiger charge is -2.38. The molecular weight excluding hydrogens is 559 g/mol. The molecule has 2 fully saturated rings. The van der Waals surface area contributed by atoms with Gasteiger partial charge in [0.25, 0.3) is 5.91 Å². The highest BCUT2D eigenvalue weighted by molar-refractivity contribution is 6.30. The number of amides is 1. The van der Waals surface area contributed by atoms with Crippen LogP contribution in [0.3, 0.4) is 0 Å². The third kappa shape index (κ3) is 7.71. The predicted molar refractivity (Wildman–Crippen MR) is 159 cm³/mol. The standard InChI is InChI=1S/C22H27FN4O3.C6H5Cl.C4H8O/c1-3-22(30,14-4-6-24-7-5-14)15-8-16-19(17(23)9-15)21(29)27(20(16)28)12-18-25-10-13(2)11-26-18;7-6-4-2-1-3-5-6;1-2-4-5-3-1/h8-11,14,21,24,29-30H,3-7,12H2,1-2H3;1-5H;1-4H2. The first-order valence-corrected chi connectivity index (χ1v) is 14.9. The summed E-state index contributed by atoms with van der Waals surface area (Å²) < 4.78 is 20.0. The van der Waals surface area contributed by atoms with Gasteiger partial charge in [-0.3, -0.25) is 4.79 Å². The third-order valence-corrected chi connectivity index (χ3v) is 8.19. The third-order valence-electron chi connectivity index (χ3n) is 7.93. The summed E-state index contributed by atoms with van der Waals surface area (Å²) in [6, 6.07) is 12.3. The zero-order valence-corrected chi connectivity index (χ0v) is 25.0. The number of piperidine rings is 1. The van der Waals surface area contributed by atoms with E-state index in [0.29, 0.717) is 17.8 Å². The highest BCUT2D eigenvalue weighted by Gasteiger charge is 2.43. The summed E-state index contributed by atoms with van der Waals surface area (Å²) in [5.41, 5.74) is 0.0754. The van der Waals surface area contributed by atoms with Gasteiger partial charge in [-0.05, 0) is 93.4 Å². The highest BCUT2D eigenvalue weighted by atomic mass is 35.5. The maximum Gasteiger partial charge on any atom is 0.257 e. The first-order valence-electron chi connectivity index (χ1n) is 14.6. The Balaban J connectivity index is 0.000000278. The van der Waals surface area contributed by atoms with E-state index in [1.165, 1.54) is 18.9 Å².